The zero-order valence-electron chi connectivity index (χ0n) is 18.2. The third kappa shape index (κ3) is 7.53. The second kappa shape index (κ2) is 11.1. The fraction of sp³-hybridized carbons (Fsp3) is 0.652. The molecule has 1 amide bonds. The maximum absolute atomic E-state index is 11.8. The van der Waals surface area contributed by atoms with Crippen molar-refractivity contribution in [1.82, 2.24) is 15.5 Å². The Hall–Kier alpha value is -2.04. The fourth-order valence-corrected chi connectivity index (χ4v) is 3.60. The Labute approximate surface area is 171 Å². The van der Waals surface area contributed by atoms with E-state index in [2.05, 4.69) is 60.7 Å². The first-order valence-electron chi connectivity index (χ1n) is 10.7. The summed E-state index contributed by atoms with van der Waals surface area (Å²) in [5, 5.41) is 6.89. The van der Waals surface area contributed by atoms with Gasteiger partial charge in [-0.3, -0.25) is 9.79 Å². The van der Waals surface area contributed by atoms with Crippen LogP contribution in [0, 0.1) is 5.41 Å². The van der Waals surface area contributed by atoms with Crippen molar-refractivity contribution < 1.29 is 4.79 Å². The van der Waals surface area contributed by atoms with Gasteiger partial charge in [-0.05, 0) is 29.4 Å². The van der Waals surface area contributed by atoms with Crippen molar-refractivity contribution in [1.29, 1.82) is 0 Å². The average Bonchev–Trinajstić information content (AvgIpc) is 3.07. The summed E-state index contributed by atoms with van der Waals surface area (Å²) in [6, 6.07) is 8.46. The van der Waals surface area contributed by atoms with Gasteiger partial charge in [-0.1, -0.05) is 64.3 Å². The van der Waals surface area contributed by atoms with Gasteiger partial charge in [-0.15, -0.1) is 0 Å². The lowest BCUT2D eigenvalue weighted by molar-refractivity contribution is -0.128. The van der Waals surface area contributed by atoms with Crippen LogP contribution in [0.25, 0.3) is 0 Å². The number of guanidine groups is 1. The molecule has 5 heteroatoms. The maximum Gasteiger partial charge on any atom is 0.222 e. The summed E-state index contributed by atoms with van der Waals surface area (Å²) in [7, 11) is 1.81. The smallest absolute Gasteiger partial charge is 0.222 e. The highest BCUT2D eigenvalue weighted by molar-refractivity contribution is 5.79. The molecule has 0 bridgehead atoms. The van der Waals surface area contributed by atoms with Crippen LogP contribution in [0.15, 0.2) is 29.3 Å². The summed E-state index contributed by atoms with van der Waals surface area (Å²) >= 11 is 0. The van der Waals surface area contributed by atoms with Gasteiger partial charge in [-0.2, -0.15) is 0 Å². The Kier molecular flexibility index (Phi) is 8.81. The minimum absolute atomic E-state index is 0.259. The predicted molar refractivity (Wildman–Crippen MR) is 117 cm³/mol. The first kappa shape index (κ1) is 22.3. The van der Waals surface area contributed by atoms with Crippen molar-refractivity contribution in [3.8, 4) is 0 Å². The zero-order valence-corrected chi connectivity index (χ0v) is 18.2. The largest absolute Gasteiger partial charge is 0.356 e. The summed E-state index contributed by atoms with van der Waals surface area (Å²) < 4.78 is 0. The number of unbranched alkanes of at least 4 members (excludes halogenated alkanes) is 2. The first-order chi connectivity index (χ1) is 13.4. The van der Waals surface area contributed by atoms with Gasteiger partial charge in [0.1, 0.15) is 0 Å². The summed E-state index contributed by atoms with van der Waals surface area (Å²) in [4.78, 5) is 18.2. The van der Waals surface area contributed by atoms with Gasteiger partial charge in [0.05, 0.1) is 0 Å². The van der Waals surface area contributed by atoms with Gasteiger partial charge < -0.3 is 15.5 Å². The van der Waals surface area contributed by atoms with Gasteiger partial charge in [0.2, 0.25) is 5.91 Å². The standard InChI is InChI=1S/C23H38N4O/c1-5-6-7-13-23(2,3)18-26-22(24-4)25-16-19-10-8-11-20(15-19)17-27-14-9-12-21(27)28/h8,10-11,15H,5-7,9,12-14,16-18H2,1-4H3,(H2,24,25,26). The second-order valence-electron chi connectivity index (χ2n) is 8.64. The lowest BCUT2D eigenvalue weighted by atomic mass is 9.87. The highest BCUT2D eigenvalue weighted by atomic mass is 16.2. The number of aliphatic imine (C=N–C) groups is 1. The van der Waals surface area contributed by atoms with Crippen LogP contribution in [0.1, 0.15) is 70.4 Å². The van der Waals surface area contributed by atoms with Gasteiger partial charge >= 0.3 is 0 Å². The molecule has 0 saturated carbocycles. The van der Waals surface area contributed by atoms with Crippen molar-refractivity contribution in [3.63, 3.8) is 0 Å². The Bertz CT molecular complexity index is 654. The van der Waals surface area contributed by atoms with Crippen molar-refractivity contribution in [2.45, 2.75) is 72.4 Å². The van der Waals surface area contributed by atoms with Crippen LogP contribution in [0.3, 0.4) is 0 Å². The van der Waals surface area contributed by atoms with E-state index in [1.165, 1.54) is 36.8 Å². The van der Waals surface area contributed by atoms with E-state index in [-0.39, 0.29) is 11.3 Å². The summed E-state index contributed by atoms with van der Waals surface area (Å²) in [6.07, 6.45) is 6.74. The van der Waals surface area contributed by atoms with Gasteiger partial charge in [0.15, 0.2) is 5.96 Å². The minimum atomic E-state index is 0.259. The van der Waals surface area contributed by atoms with E-state index in [0.29, 0.717) is 13.0 Å². The molecule has 0 aromatic heterocycles. The van der Waals surface area contributed by atoms with Gasteiger partial charge in [0, 0.05) is 39.6 Å². The van der Waals surface area contributed by atoms with Crippen LogP contribution >= 0.6 is 0 Å². The number of rotatable bonds is 10. The van der Waals surface area contributed by atoms with Crippen LogP contribution in [-0.4, -0.2) is 36.9 Å². The monoisotopic (exact) mass is 386 g/mol. The Morgan fingerprint density at radius 1 is 1.21 bits per heavy atom. The molecule has 2 N–H and O–H groups in total. The number of nitrogens with one attached hydrogen (secondary N) is 2. The van der Waals surface area contributed by atoms with Crippen LogP contribution in [0.2, 0.25) is 0 Å². The summed E-state index contributed by atoms with van der Waals surface area (Å²) in [6.45, 7) is 10.1. The van der Waals surface area contributed by atoms with E-state index in [4.69, 9.17) is 0 Å². The highest BCUT2D eigenvalue weighted by Gasteiger charge is 2.20. The molecule has 1 saturated heterocycles. The van der Waals surface area contributed by atoms with E-state index < -0.39 is 0 Å². The molecule has 0 aliphatic carbocycles. The zero-order chi connectivity index (χ0) is 20.4. The number of likely N-dealkylation sites (tertiary alicyclic amines) is 1. The van der Waals surface area contributed by atoms with Gasteiger partial charge in [-0.25, -0.2) is 0 Å². The van der Waals surface area contributed by atoms with E-state index in [9.17, 15) is 4.79 Å². The average molecular weight is 387 g/mol. The van der Waals surface area contributed by atoms with E-state index in [1.54, 1.807) is 0 Å². The fourth-order valence-electron chi connectivity index (χ4n) is 3.60. The molecule has 0 atom stereocenters. The van der Waals surface area contributed by atoms with Crippen LogP contribution in [0.4, 0.5) is 0 Å². The molecule has 0 unspecified atom stereocenters. The topological polar surface area (TPSA) is 56.7 Å². The first-order valence-corrected chi connectivity index (χ1v) is 10.7. The number of benzene rings is 1. The SMILES string of the molecule is CCCCCC(C)(C)CNC(=NC)NCc1cccc(CN2CCCC2=O)c1. The van der Waals surface area contributed by atoms with Crippen LogP contribution in [-0.2, 0) is 17.9 Å². The maximum atomic E-state index is 11.8. The molecular weight excluding hydrogens is 348 g/mol. The molecule has 1 fully saturated rings. The molecule has 1 heterocycles. The van der Waals surface area contributed by atoms with E-state index >= 15 is 0 Å². The van der Waals surface area contributed by atoms with Crippen LogP contribution in [0.5, 0.6) is 0 Å². The molecule has 2 rings (SSSR count). The number of hydrogen-bond donors (Lipinski definition) is 2. The second-order valence-corrected chi connectivity index (χ2v) is 8.64. The van der Waals surface area contributed by atoms with Gasteiger partial charge in [0.25, 0.3) is 0 Å². The molecule has 1 aliphatic heterocycles. The van der Waals surface area contributed by atoms with Crippen molar-refractivity contribution >= 4 is 11.9 Å². The number of hydrogen-bond acceptors (Lipinski definition) is 2. The molecule has 1 aliphatic rings. The minimum Gasteiger partial charge on any atom is -0.356 e. The molecule has 5 nitrogen and oxygen atoms in total. The third-order valence-corrected chi connectivity index (χ3v) is 5.41. The molecule has 28 heavy (non-hydrogen) atoms. The molecule has 0 radical (unpaired) electrons. The quantitative estimate of drug-likeness (QED) is 0.362. The predicted octanol–water partition coefficient (Wildman–Crippen LogP) is 4.08. The van der Waals surface area contributed by atoms with Crippen molar-refractivity contribution in [2.24, 2.45) is 10.4 Å². The van der Waals surface area contributed by atoms with Crippen molar-refractivity contribution in [2.75, 3.05) is 20.1 Å². The Balaban J connectivity index is 1.81. The van der Waals surface area contributed by atoms with E-state index in [1.807, 2.05) is 11.9 Å². The lowest BCUT2D eigenvalue weighted by Crippen LogP contribution is -2.41. The molecule has 1 aromatic carbocycles. The Morgan fingerprint density at radius 2 is 2.00 bits per heavy atom. The number of carbonyl (C=O) groups excluding carboxylic acids is 1. The Morgan fingerprint density at radius 3 is 2.68 bits per heavy atom. The van der Waals surface area contributed by atoms with E-state index in [0.717, 1.165) is 32.0 Å². The molecule has 156 valence electrons. The number of carbonyl (C=O) groups is 1. The molecular formula is C23H38N4O. The van der Waals surface area contributed by atoms with Crippen LogP contribution < -0.4 is 10.6 Å². The molecule has 1 aromatic rings. The van der Waals surface area contributed by atoms with Crippen molar-refractivity contribution in [3.05, 3.63) is 35.4 Å². The summed E-state index contributed by atoms with van der Waals surface area (Å²) in [5.41, 5.74) is 2.65. The normalized spacial score (nSPS) is 15.2. The molecule has 0 spiro atoms. The number of amides is 1. The summed E-state index contributed by atoms with van der Waals surface area (Å²) in [5.74, 6) is 1.11. The highest BCUT2D eigenvalue weighted by Crippen LogP contribution is 2.22. The lowest BCUT2D eigenvalue weighted by Gasteiger charge is -2.26. The number of nitrogens with zero attached hydrogens (tertiary/aromatic N) is 2. The third-order valence-electron chi connectivity index (χ3n) is 5.41.